The zero-order valence-corrected chi connectivity index (χ0v) is 12.9. The number of nitrogens with one attached hydrogen (secondary N) is 1. The molecule has 1 aromatic carbocycles. The summed E-state index contributed by atoms with van der Waals surface area (Å²) in [4.78, 5) is 16.9. The first-order chi connectivity index (χ1) is 11.4. The average Bonchev–Trinajstić information content (AvgIpc) is 2.56. The van der Waals surface area contributed by atoms with Gasteiger partial charge >= 0.3 is 0 Å². The molecule has 2 aliphatic rings. The maximum absolute atomic E-state index is 5.29. The molecule has 7 nitrogen and oxygen atoms in total. The number of hydrogen-bond donors (Lipinski definition) is 1. The molecule has 7 heteroatoms. The van der Waals surface area contributed by atoms with E-state index in [4.69, 9.17) is 4.74 Å². The number of anilines is 3. The van der Waals surface area contributed by atoms with Crippen LogP contribution in [0.15, 0.2) is 36.9 Å². The van der Waals surface area contributed by atoms with E-state index in [0.29, 0.717) is 12.0 Å². The van der Waals surface area contributed by atoms with E-state index < -0.39 is 0 Å². The summed E-state index contributed by atoms with van der Waals surface area (Å²) in [6, 6.07) is 9.05. The Morgan fingerprint density at radius 1 is 0.957 bits per heavy atom. The predicted octanol–water partition coefficient (Wildman–Crippen LogP) is 1.14. The van der Waals surface area contributed by atoms with Crippen LogP contribution in [-0.4, -0.2) is 65.3 Å². The van der Waals surface area contributed by atoms with Gasteiger partial charge in [-0.25, -0.2) is 15.0 Å². The van der Waals surface area contributed by atoms with Crippen LogP contribution in [-0.2, 0) is 4.74 Å². The fourth-order valence-corrected chi connectivity index (χ4v) is 2.97. The van der Waals surface area contributed by atoms with Crippen molar-refractivity contribution in [2.45, 2.75) is 6.04 Å². The lowest BCUT2D eigenvalue weighted by Crippen LogP contribution is -2.56. The molecule has 0 spiro atoms. The highest BCUT2D eigenvalue weighted by molar-refractivity contribution is 5.59. The number of aromatic nitrogens is 3. The van der Waals surface area contributed by atoms with Gasteiger partial charge in [-0.2, -0.15) is 0 Å². The molecule has 0 aliphatic carbocycles. The molecule has 0 unspecified atom stereocenters. The van der Waals surface area contributed by atoms with Crippen molar-refractivity contribution in [1.29, 1.82) is 0 Å². The molecule has 23 heavy (non-hydrogen) atoms. The summed E-state index contributed by atoms with van der Waals surface area (Å²) in [5.74, 6) is 0.559. The maximum Gasteiger partial charge on any atom is 0.230 e. The summed E-state index contributed by atoms with van der Waals surface area (Å²) >= 11 is 0. The van der Waals surface area contributed by atoms with Gasteiger partial charge in [0.25, 0.3) is 0 Å². The van der Waals surface area contributed by atoms with Gasteiger partial charge in [0.2, 0.25) is 5.95 Å². The monoisotopic (exact) mass is 312 g/mol. The van der Waals surface area contributed by atoms with E-state index in [0.717, 1.165) is 45.1 Å². The highest BCUT2D eigenvalue weighted by Gasteiger charge is 2.28. The van der Waals surface area contributed by atoms with Crippen molar-refractivity contribution in [2.75, 3.05) is 49.6 Å². The van der Waals surface area contributed by atoms with Crippen molar-refractivity contribution < 1.29 is 4.74 Å². The molecule has 2 aliphatic heterocycles. The lowest BCUT2D eigenvalue weighted by atomic mass is 10.1. The minimum atomic E-state index is 0.559. The highest BCUT2D eigenvalue weighted by atomic mass is 16.5. The van der Waals surface area contributed by atoms with Crippen LogP contribution in [0, 0.1) is 0 Å². The minimum Gasteiger partial charge on any atom is -0.378 e. The van der Waals surface area contributed by atoms with Gasteiger partial charge in [0.1, 0.15) is 12.7 Å². The van der Waals surface area contributed by atoms with E-state index in [1.165, 1.54) is 18.3 Å². The Bertz CT molecular complexity index is 623. The van der Waals surface area contributed by atoms with E-state index in [9.17, 15) is 0 Å². The molecule has 3 heterocycles. The first-order valence-corrected chi connectivity index (χ1v) is 7.94. The Kier molecular flexibility index (Phi) is 4.04. The van der Waals surface area contributed by atoms with Crippen molar-refractivity contribution in [3.8, 4) is 0 Å². The zero-order valence-electron chi connectivity index (χ0n) is 12.9. The predicted molar refractivity (Wildman–Crippen MR) is 87.9 cm³/mol. The molecule has 2 fully saturated rings. The van der Waals surface area contributed by atoms with E-state index >= 15 is 0 Å². The first-order valence-electron chi connectivity index (χ1n) is 7.94. The van der Waals surface area contributed by atoms with E-state index in [1.54, 1.807) is 0 Å². The summed E-state index contributed by atoms with van der Waals surface area (Å²) < 4.78 is 5.29. The third-order valence-electron chi connectivity index (χ3n) is 4.43. The van der Waals surface area contributed by atoms with Crippen molar-refractivity contribution in [3.05, 3.63) is 36.9 Å². The number of nitrogens with zero attached hydrogens (tertiary/aromatic N) is 5. The molecule has 120 valence electrons. The largest absolute Gasteiger partial charge is 0.378 e. The normalized spacial score (nSPS) is 19.4. The molecule has 0 bridgehead atoms. The van der Waals surface area contributed by atoms with Crippen LogP contribution >= 0.6 is 0 Å². The Balaban J connectivity index is 1.35. The number of piperazine rings is 1. The van der Waals surface area contributed by atoms with Crippen LogP contribution in [0.5, 0.6) is 0 Å². The van der Waals surface area contributed by atoms with Gasteiger partial charge in [-0.1, -0.05) is 0 Å². The third kappa shape index (κ3) is 3.25. The van der Waals surface area contributed by atoms with Crippen LogP contribution in [0.2, 0.25) is 0 Å². The quantitative estimate of drug-likeness (QED) is 0.908. The Hall–Kier alpha value is -2.25. The Morgan fingerprint density at radius 3 is 2.26 bits per heavy atom. The molecular formula is C16H20N6O. The van der Waals surface area contributed by atoms with Gasteiger partial charge in [-0.3, -0.25) is 4.90 Å². The van der Waals surface area contributed by atoms with E-state index in [-0.39, 0.29) is 0 Å². The van der Waals surface area contributed by atoms with Crippen LogP contribution in [0.1, 0.15) is 0 Å². The second-order valence-corrected chi connectivity index (χ2v) is 5.85. The summed E-state index contributed by atoms with van der Waals surface area (Å²) in [6.07, 6.45) is 2.96. The third-order valence-corrected chi connectivity index (χ3v) is 4.43. The topological polar surface area (TPSA) is 66.4 Å². The molecule has 0 radical (unpaired) electrons. The molecule has 0 saturated carbocycles. The van der Waals surface area contributed by atoms with Gasteiger partial charge in [-0.15, -0.1) is 0 Å². The fraction of sp³-hybridized carbons (Fsp3) is 0.438. The molecular weight excluding hydrogens is 292 g/mol. The van der Waals surface area contributed by atoms with E-state index in [1.807, 2.05) is 0 Å². The summed E-state index contributed by atoms with van der Waals surface area (Å²) in [7, 11) is 0. The Labute approximate surface area is 135 Å². The maximum atomic E-state index is 5.29. The summed E-state index contributed by atoms with van der Waals surface area (Å²) in [5.41, 5.74) is 2.24. The average molecular weight is 312 g/mol. The highest BCUT2D eigenvalue weighted by Crippen LogP contribution is 2.22. The lowest BCUT2D eigenvalue weighted by molar-refractivity contribution is -0.0660. The van der Waals surface area contributed by atoms with Crippen LogP contribution < -0.4 is 10.2 Å². The summed E-state index contributed by atoms with van der Waals surface area (Å²) in [6.45, 7) is 6.15. The van der Waals surface area contributed by atoms with Crippen LogP contribution in [0.3, 0.4) is 0 Å². The van der Waals surface area contributed by atoms with Crippen LogP contribution in [0.4, 0.5) is 17.3 Å². The summed E-state index contributed by atoms with van der Waals surface area (Å²) in [5, 5.41) is 3.17. The molecule has 2 aromatic rings. The van der Waals surface area contributed by atoms with Crippen molar-refractivity contribution in [2.24, 2.45) is 0 Å². The van der Waals surface area contributed by atoms with Gasteiger partial charge in [-0.05, 0) is 24.3 Å². The smallest absolute Gasteiger partial charge is 0.230 e. The van der Waals surface area contributed by atoms with Gasteiger partial charge < -0.3 is 15.0 Å². The number of benzene rings is 1. The van der Waals surface area contributed by atoms with Crippen LogP contribution in [0.25, 0.3) is 0 Å². The zero-order chi connectivity index (χ0) is 15.5. The number of hydrogen-bond acceptors (Lipinski definition) is 7. The van der Waals surface area contributed by atoms with Crippen molar-refractivity contribution >= 4 is 17.3 Å². The number of ether oxygens (including phenoxy) is 1. The molecule has 0 amide bonds. The fourth-order valence-electron chi connectivity index (χ4n) is 2.97. The molecule has 2 saturated heterocycles. The van der Waals surface area contributed by atoms with Gasteiger partial charge in [0.05, 0.1) is 19.3 Å². The molecule has 4 rings (SSSR count). The lowest BCUT2D eigenvalue weighted by Gasteiger charge is -2.43. The Morgan fingerprint density at radius 2 is 1.65 bits per heavy atom. The minimum absolute atomic E-state index is 0.559. The van der Waals surface area contributed by atoms with Gasteiger partial charge in [0, 0.05) is 37.6 Å². The van der Waals surface area contributed by atoms with E-state index in [2.05, 4.69) is 54.3 Å². The number of rotatable bonds is 4. The van der Waals surface area contributed by atoms with Crippen molar-refractivity contribution in [1.82, 2.24) is 19.9 Å². The SMILES string of the molecule is c1ncnc(Nc2ccc(N3CCN(C4COC4)CC3)cc2)n1. The standard InChI is InChI=1S/C16H20N6O/c1-3-14(4-2-13(1)20-16-18-11-17-12-19-16)21-5-7-22(8-6-21)15-9-23-10-15/h1-4,11-12,15H,5-10H2,(H,17,18,19,20). The molecule has 1 N–H and O–H groups in total. The van der Waals surface area contributed by atoms with Gasteiger partial charge in [0.15, 0.2) is 0 Å². The molecule has 1 aromatic heterocycles. The molecule has 0 atom stereocenters. The first kappa shape index (κ1) is 14.3. The second kappa shape index (κ2) is 6.47. The second-order valence-electron chi connectivity index (χ2n) is 5.85. The van der Waals surface area contributed by atoms with Crippen molar-refractivity contribution in [3.63, 3.8) is 0 Å².